The SMILES string of the molecule is N#Cc1cccc(-c2cnc3[nH]cc(-c4cccc(CCN)c4)c3c2)c1. The molecule has 4 aromatic rings. The van der Waals surface area contributed by atoms with Crippen LogP contribution in [-0.2, 0) is 6.42 Å². The highest BCUT2D eigenvalue weighted by molar-refractivity contribution is 5.95. The number of pyridine rings is 1. The third-order valence-corrected chi connectivity index (χ3v) is 4.53. The van der Waals surface area contributed by atoms with Crippen molar-refractivity contribution in [2.75, 3.05) is 6.54 Å². The van der Waals surface area contributed by atoms with Gasteiger partial charge < -0.3 is 10.7 Å². The second kappa shape index (κ2) is 6.83. The first-order valence-electron chi connectivity index (χ1n) is 8.55. The van der Waals surface area contributed by atoms with Gasteiger partial charge in [0.25, 0.3) is 0 Å². The lowest BCUT2D eigenvalue weighted by molar-refractivity contribution is 0.969. The van der Waals surface area contributed by atoms with Crippen LogP contribution in [0.1, 0.15) is 11.1 Å². The average Bonchev–Trinajstić information content (AvgIpc) is 3.12. The minimum Gasteiger partial charge on any atom is -0.346 e. The fraction of sp³-hybridized carbons (Fsp3) is 0.0909. The lowest BCUT2D eigenvalue weighted by Crippen LogP contribution is -2.02. The molecule has 2 heterocycles. The summed E-state index contributed by atoms with van der Waals surface area (Å²) >= 11 is 0. The molecule has 0 amide bonds. The number of aromatic amines is 1. The van der Waals surface area contributed by atoms with Gasteiger partial charge in [0.15, 0.2) is 0 Å². The Balaban J connectivity index is 1.82. The summed E-state index contributed by atoms with van der Waals surface area (Å²) in [5, 5.41) is 10.2. The molecule has 0 saturated carbocycles. The topological polar surface area (TPSA) is 78.5 Å². The molecule has 2 aromatic carbocycles. The minimum atomic E-state index is 0.637. The zero-order valence-electron chi connectivity index (χ0n) is 14.2. The molecule has 0 radical (unpaired) electrons. The van der Waals surface area contributed by atoms with E-state index in [1.54, 1.807) is 6.07 Å². The van der Waals surface area contributed by atoms with E-state index in [1.165, 1.54) is 5.56 Å². The number of nitrogens with zero attached hydrogens (tertiary/aromatic N) is 2. The molecule has 4 heteroatoms. The summed E-state index contributed by atoms with van der Waals surface area (Å²) in [6, 6.07) is 20.3. The second-order valence-electron chi connectivity index (χ2n) is 6.25. The zero-order chi connectivity index (χ0) is 17.9. The van der Waals surface area contributed by atoms with Crippen LogP contribution >= 0.6 is 0 Å². The van der Waals surface area contributed by atoms with E-state index in [2.05, 4.69) is 46.4 Å². The maximum Gasteiger partial charge on any atom is 0.137 e. The third-order valence-electron chi connectivity index (χ3n) is 4.53. The Labute approximate surface area is 151 Å². The molecule has 0 atom stereocenters. The van der Waals surface area contributed by atoms with Gasteiger partial charge in [-0.1, -0.05) is 36.4 Å². The monoisotopic (exact) mass is 338 g/mol. The first kappa shape index (κ1) is 16.1. The molecule has 0 fully saturated rings. The van der Waals surface area contributed by atoms with E-state index in [9.17, 15) is 0 Å². The molecule has 0 unspecified atom stereocenters. The lowest BCUT2D eigenvalue weighted by Gasteiger charge is -2.05. The van der Waals surface area contributed by atoms with Crippen LogP contribution in [0.3, 0.4) is 0 Å². The molecule has 2 aromatic heterocycles. The third kappa shape index (κ3) is 2.97. The van der Waals surface area contributed by atoms with E-state index < -0.39 is 0 Å². The number of H-pyrrole nitrogens is 1. The van der Waals surface area contributed by atoms with Crippen molar-refractivity contribution >= 4 is 11.0 Å². The summed E-state index contributed by atoms with van der Waals surface area (Å²) < 4.78 is 0. The molecule has 4 nitrogen and oxygen atoms in total. The fourth-order valence-electron chi connectivity index (χ4n) is 3.23. The van der Waals surface area contributed by atoms with Crippen LogP contribution in [0, 0.1) is 11.3 Å². The summed E-state index contributed by atoms with van der Waals surface area (Å²) in [5.41, 5.74) is 12.7. The maximum absolute atomic E-state index is 9.13. The standard InChI is InChI=1S/C22H18N4/c23-8-7-15-3-1-6-18(9-15)21-14-26-22-20(21)11-19(13-25-22)17-5-2-4-16(10-17)12-24/h1-6,9-11,13-14H,7-8,23H2,(H,25,26). The highest BCUT2D eigenvalue weighted by atomic mass is 14.8. The van der Waals surface area contributed by atoms with E-state index in [4.69, 9.17) is 11.0 Å². The molecule has 0 bridgehead atoms. The van der Waals surface area contributed by atoms with Gasteiger partial charge >= 0.3 is 0 Å². The molecule has 0 aliphatic heterocycles. The zero-order valence-corrected chi connectivity index (χ0v) is 14.2. The highest BCUT2D eigenvalue weighted by Crippen LogP contribution is 2.31. The van der Waals surface area contributed by atoms with Gasteiger partial charge in [0, 0.05) is 28.9 Å². The first-order chi connectivity index (χ1) is 12.8. The number of aromatic nitrogens is 2. The molecule has 3 N–H and O–H groups in total. The number of hydrogen-bond acceptors (Lipinski definition) is 3. The normalized spacial score (nSPS) is 10.8. The largest absolute Gasteiger partial charge is 0.346 e. The summed E-state index contributed by atoms with van der Waals surface area (Å²) in [6.45, 7) is 0.637. The van der Waals surface area contributed by atoms with Gasteiger partial charge in [-0.3, -0.25) is 0 Å². The van der Waals surface area contributed by atoms with E-state index in [1.807, 2.05) is 30.6 Å². The predicted octanol–water partition coefficient (Wildman–Crippen LogP) is 4.27. The lowest BCUT2D eigenvalue weighted by atomic mass is 9.99. The highest BCUT2D eigenvalue weighted by Gasteiger charge is 2.10. The fourth-order valence-corrected chi connectivity index (χ4v) is 3.23. The van der Waals surface area contributed by atoms with Crippen LogP contribution in [0.25, 0.3) is 33.3 Å². The van der Waals surface area contributed by atoms with Gasteiger partial charge in [0.1, 0.15) is 5.65 Å². The summed E-state index contributed by atoms with van der Waals surface area (Å²) in [6.07, 6.45) is 4.69. The Kier molecular flexibility index (Phi) is 4.22. The number of benzene rings is 2. The summed E-state index contributed by atoms with van der Waals surface area (Å²) in [4.78, 5) is 7.81. The quantitative estimate of drug-likeness (QED) is 0.583. The summed E-state index contributed by atoms with van der Waals surface area (Å²) in [7, 11) is 0. The van der Waals surface area contributed by atoms with Crippen LogP contribution in [0.15, 0.2) is 67.0 Å². The van der Waals surface area contributed by atoms with Gasteiger partial charge in [-0.25, -0.2) is 4.98 Å². The van der Waals surface area contributed by atoms with Crippen molar-refractivity contribution < 1.29 is 0 Å². The van der Waals surface area contributed by atoms with Crippen molar-refractivity contribution in [2.24, 2.45) is 5.73 Å². The van der Waals surface area contributed by atoms with Gasteiger partial charge in [-0.2, -0.15) is 5.26 Å². The summed E-state index contributed by atoms with van der Waals surface area (Å²) in [5.74, 6) is 0. The van der Waals surface area contributed by atoms with Gasteiger partial charge in [-0.05, 0) is 47.9 Å². The Morgan fingerprint density at radius 2 is 1.85 bits per heavy atom. The van der Waals surface area contributed by atoms with Crippen molar-refractivity contribution in [3.05, 3.63) is 78.1 Å². The molecule has 0 spiro atoms. The Morgan fingerprint density at radius 1 is 1.00 bits per heavy atom. The number of nitrogens with one attached hydrogen (secondary N) is 1. The number of hydrogen-bond donors (Lipinski definition) is 2. The van der Waals surface area contributed by atoms with Crippen LogP contribution in [0.4, 0.5) is 0 Å². The molecular weight excluding hydrogens is 320 g/mol. The number of nitriles is 1. The molecule has 0 saturated heterocycles. The van der Waals surface area contributed by atoms with Gasteiger partial charge in [0.05, 0.1) is 11.6 Å². The molecule has 26 heavy (non-hydrogen) atoms. The van der Waals surface area contributed by atoms with Crippen molar-refractivity contribution in [1.82, 2.24) is 9.97 Å². The Hall–Kier alpha value is -3.42. The minimum absolute atomic E-state index is 0.637. The van der Waals surface area contributed by atoms with Crippen molar-refractivity contribution in [2.45, 2.75) is 6.42 Å². The number of fused-ring (bicyclic) bond motifs is 1. The van der Waals surface area contributed by atoms with E-state index in [0.29, 0.717) is 12.1 Å². The van der Waals surface area contributed by atoms with E-state index >= 15 is 0 Å². The average molecular weight is 338 g/mol. The Morgan fingerprint density at radius 3 is 2.69 bits per heavy atom. The van der Waals surface area contributed by atoms with Crippen molar-refractivity contribution in [3.8, 4) is 28.3 Å². The molecule has 0 aliphatic rings. The molecular formula is C22H18N4. The van der Waals surface area contributed by atoms with Gasteiger partial charge in [-0.15, -0.1) is 0 Å². The van der Waals surface area contributed by atoms with Crippen molar-refractivity contribution in [1.29, 1.82) is 5.26 Å². The van der Waals surface area contributed by atoms with Crippen LogP contribution < -0.4 is 5.73 Å². The molecule has 0 aliphatic carbocycles. The number of rotatable bonds is 4. The first-order valence-corrected chi connectivity index (χ1v) is 8.55. The molecule has 4 rings (SSSR count). The van der Waals surface area contributed by atoms with Crippen molar-refractivity contribution in [3.63, 3.8) is 0 Å². The van der Waals surface area contributed by atoms with Gasteiger partial charge in [0.2, 0.25) is 0 Å². The smallest absolute Gasteiger partial charge is 0.137 e. The van der Waals surface area contributed by atoms with Crippen LogP contribution in [0.5, 0.6) is 0 Å². The number of nitrogens with two attached hydrogens (primary N) is 1. The maximum atomic E-state index is 9.13. The van der Waals surface area contributed by atoms with E-state index in [0.717, 1.165) is 39.7 Å². The van der Waals surface area contributed by atoms with Crippen LogP contribution in [0.2, 0.25) is 0 Å². The van der Waals surface area contributed by atoms with E-state index in [-0.39, 0.29) is 0 Å². The predicted molar refractivity (Wildman–Crippen MR) is 104 cm³/mol. The second-order valence-corrected chi connectivity index (χ2v) is 6.25. The molecule has 126 valence electrons. The van der Waals surface area contributed by atoms with Crippen LogP contribution in [-0.4, -0.2) is 16.5 Å². The Bertz CT molecular complexity index is 1120.